The van der Waals surface area contributed by atoms with E-state index in [4.69, 9.17) is 0 Å². The van der Waals surface area contributed by atoms with Gasteiger partial charge < -0.3 is 4.74 Å². The number of unbranched alkanes of at least 4 members (excludes halogenated alkanes) is 2. The zero-order valence-corrected chi connectivity index (χ0v) is 20.1. The van der Waals surface area contributed by atoms with Crippen LogP contribution in [0.25, 0.3) is 11.1 Å². The van der Waals surface area contributed by atoms with Crippen LogP contribution in [0.2, 0.25) is 0 Å². The first-order valence-electron chi connectivity index (χ1n) is 12.5. The third-order valence-corrected chi connectivity index (χ3v) is 7.47. The topological polar surface area (TPSA) is 9.23 Å². The molecule has 1 fully saturated rings. The lowest BCUT2D eigenvalue weighted by molar-refractivity contribution is -0.276. The Kier molecular flexibility index (Phi) is 8.00. The van der Waals surface area contributed by atoms with Crippen LogP contribution in [0.1, 0.15) is 69.4 Å². The van der Waals surface area contributed by atoms with Gasteiger partial charge in [0.2, 0.25) is 5.75 Å². The summed E-state index contributed by atoms with van der Waals surface area (Å²) in [6.07, 6.45) is 6.70. The summed E-state index contributed by atoms with van der Waals surface area (Å²) in [5, 5.41) is 0. The minimum atomic E-state index is -5.32. The van der Waals surface area contributed by atoms with Gasteiger partial charge in [-0.2, -0.15) is 0 Å². The zero-order chi connectivity index (χ0) is 26.0. The number of allylic oxidation sites excluding steroid dienone is 2. The minimum absolute atomic E-state index is 0.223. The van der Waals surface area contributed by atoms with Crippen LogP contribution in [0, 0.1) is 35.1 Å². The van der Waals surface area contributed by atoms with E-state index in [-0.39, 0.29) is 12.0 Å². The molecule has 0 radical (unpaired) electrons. The first-order chi connectivity index (χ1) is 17.1. The fourth-order valence-corrected chi connectivity index (χ4v) is 5.61. The molecule has 0 N–H and O–H groups in total. The fourth-order valence-electron chi connectivity index (χ4n) is 5.61. The third-order valence-electron chi connectivity index (χ3n) is 7.47. The van der Waals surface area contributed by atoms with Crippen LogP contribution in [0.5, 0.6) is 5.75 Å². The van der Waals surface area contributed by atoms with Gasteiger partial charge in [0.05, 0.1) is 5.56 Å². The summed E-state index contributed by atoms with van der Waals surface area (Å²) in [5.41, 5.74) is 0.698. The van der Waals surface area contributed by atoms with Crippen molar-refractivity contribution in [2.45, 2.75) is 77.5 Å². The predicted molar refractivity (Wildman–Crippen MR) is 123 cm³/mol. The van der Waals surface area contributed by atoms with E-state index in [1.807, 2.05) is 6.08 Å². The summed E-state index contributed by atoms with van der Waals surface area (Å²) < 4.78 is 99.3. The lowest BCUT2D eigenvalue weighted by Gasteiger charge is -2.32. The highest BCUT2D eigenvalue weighted by atomic mass is 19.4. The average molecular weight is 515 g/mol. The molecule has 0 atom stereocenters. The van der Waals surface area contributed by atoms with Crippen LogP contribution >= 0.6 is 0 Å². The van der Waals surface area contributed by atoms with Gasteiger partial charge in [-0.1, -0.05) is 44.3 Å². The van der Waals surface area contributed by atoms with Gasteiger partial charge in [0, 0.05) is 0 Å². The summed E-state index contributed by atoms with van der Waals surface area (Å²) in [6, 6.07) is 2.06. The summed E-state index contributed by atoms with van der Waals surface area (Å²) in [5.74, 6) is -5.92. The third kappa shape index (κ3) is 5.89. The smallest absolute Gasteiger partial charge is 0.399 e. The number of fused-ring (bicyclic) bond motifs is 1. The molecule has 1 nitrogen and oxygen atoms in total. The molecule has 0 aliphatic heterocycles. The molecule has 0 bridgehead atoms. The van der Waals surface area contributed by atoms with Gasteiger partial charge in [0.25, 0.3) is 0 Å². The summed E-state index contributed by atoms with van der Waals surface area (Å²) >= 11 is 0. The molecule has 8 heteroatoms. The van der Waals surface area contributed by atoms with Gasteiger partial charge in [0.15, 0.2) is 11.6 Å². The first kappa shape index (κ1) is 26.6. The second-order valence-electron chi connectivity index (χ2n) is 9.88. The SMILES string of the molecule is CCCCCC1CCC(C2=CCc3c(cc(F)c(-c4cc(F)c(OC(F)(F)F)c(F)c4)c3F)C2)CC1. The van der Waals surface area contributed by atoms with Gasteiger partial charge in [-0.3, -0.25) is 0 Å². The van der Waals surface area contributed by atoms with E-state index in [2.05, 4.69) is 11.7 Å². The molecular weight excluding hydrogens is 485 g/mol. The Morgan fingerprint density at radius 1 is 0.889 bits per heavy atom. The van der Waals surface area contributed by atoms with Gasteiger partial charge in [-0.25, -0.2) is 17.6 Å². The van der Waals surface area contributed by atoms with Crippen molar-refractivity contribution >= 4 is 0 Å². The van der Waals surface area contributed by atoms with E-state index in [1.165, 1.54) is 37.3 Å². The molecule has 0 amide bonds. The van der Waals surface area contributed by atoms with Crippen molar-refractivity contribution in [3.63, 3.8) is 0 Å². The predicted octanol–water partition coefficient (Wildman–Crippen LogP) is 9.22. The highest BCUT2D eigenvalue weighted by Gasteiger charge is 2.35. The molecule has 0 aromatic heterocycles. The fraction of sp³-hybridized carbons (Fsp3) is 0.500. The quantitative estimate of drug-likeness (QED) is 0.203. The Morgan fingerprint density at radius 2 is 1.56 bits per heavy atom. The van der Waals surface area contributed by atoms with E-state index in [0.717, 1.165) is 31.6 Å². The van der Waals surface area contributed by atoms with Crippen molar-refractivity contribution < 1.29 is 35.5 Å². The molecule has 1 saturated carbocycles. The molecular formula is C28H29F7O. The van der Waals surface area contributed by atoms with Crippen LogP contribution in [0.15, 0.2) is 29.8 Å². The second-order valence-corrected chi connectivity index (χ2v) is 9.88. The van der Waals surface area contributed by atoms with Gasteiger partial charge in [-0.15, -0.1) is 13.2 Å². The van der Waals surface area contributed by atoms with Crippen molar-refractivity contribution in [3.05, 3.63) is 64.2 Å². The molecule has 196 valence electrons. The van der Waals surface area contributed by atoms with Crippen LogP contribution < -0.4 is 4.74 Å². The van der Waals surface area contributed by atoms with Crippen LogP contribution in [-0.2, 0) is 12.8 Å². The molecule has 2 aromatic carbocycles. The lowest BCUT2D eigenvalue weighted by atomic mass is 9.73. The van der Waals surface area contributed by atoms with Crippen molar-refractivity contribution in [2.24, 2.45) is 11.8 Å². The Morgan fingerprint density at radius 3 is 2.17 bits per heavy atom. The molecule has 2 aliphatic carbocycles. The molecule has 0 spiro atoms. The van der Waals surface area contributed by atoms with Gasteiger partial charge in [0.1, 0.15) is 11.6 Å². The maximum absolute atomic E-state index is 15.4. The molecule has 0 unspecified atom stereocenters. The number of benzene rings is 2. The van der Waals surface area contributed by atoms with E-state index < -0.39 is 46.5 Å². The standard InChI is InChI=1S/C28H29F7O/c1-2-3-4-5-16-6-8-17(9-7-16)18-10-11-21-19(12-18)13-22(29)25(26(21)32)20-14-23(30)27(24(31)15-20)36-28(33,34)35/h10,13-17H,2-9,11-12H2,1H3. The number of hydrogen-bond acceptors (Lipinski definition) is 1. The monoisotopic (exact) mass is 514 g/mol. The maximum Gasteiger partial charge on any atom is 0.573 e. The number of ether oxygens (including phenoxy) is 1. The number of hydrogen-bond donors (Lipinski definition) is 0. The summed E-state index contributed by atoms with van der Waals surface area (Å²) in [4.78, 5) is 0. The van der Waals surface area contributed by atoms with E-state index in [9.17, 15) is 22.0 Å². The molecule has 2 aromatic rings. The zero-order valence-electron chi connectivity index (χ0n) is 20.1. The van der Waals surface area contributed by atoms with E-state index >= 15 is 8.78 Å². The molecule has 0 saturated heterocycles. The molecule has 36 heavy (non-hydrogen) atoms. The van der Waals surface area contributed by atoms with Gasteiger partial charge in [-0.05, 0) is 85.3 Å². The molecule has 0 heterocycles. The van der Waals surface area contributed by atoms with Crippen LogP contribution in [0.4, 0.5) is 30.7 Å². The normalized spacial score (nSPS) is 20.2. The van der Waals surface area contributed by atoms with Crippen LogP contribution in [0.3, 0.4) is 0 Å². The maximum atomic E-state index is 15.4. The van der Waals surface area contributed by atoms with Crippen LogP contribution in [-0.4, -0.2) is 6.36 Å². The Labute approximate surface area is 206 Å². The number of alkyl halides is 3. The summed E-state index contributed by atoms with van der Waals surface area (Å²) in [7, 11) is 0. The Hall–Kier alpha value is -2.51. The van der Waals surface area contributed by atoms with E-state index in [0.29, 0.717) is 30.0 Å². The lowest BCUT2D eigenvalue weighted by Crippen LogP contribution is -2.20. The van der Waals surface area contributed by atoms with Gasteiger partial charge >= 0.3 is 6.36 Å². The highest BCUT2D eigenvalue weighted by Crippen LogP contribution is 2.41. The van der Waals surface area contributed by atoms with Crippen molar-refractivity contribution in [3.8, 4) is 16.9 Å². The number of rotatable bonds is 7. The summed E-state index contributed by atoms with van der Waals surface area (Å²) in [6.45, 7) is 2.19. The number of halogens is 7. The Bertz CT molecular complexity index is 1100. The minimum Gasteiger partial charge on any atom is -0.399 e. The second kappa shape index (κ2) is 10.9. The molecule has 4 rings (SSSR count). The van der Waals surface area contributed by atoms with Crippen molar-refractivity contribution in [2.75, 3.05) is 0 Å². The van der Waals surface area contributed by atoms with Crippen molar-refractivity contribution in [1.82, 2.24) is 0 Å². The largest absolute Gasteiger partial charge is 0.573 e. The van der Waals surface area contributed by atoms with E-state index in [1.54, 1.807) is 0 Å². The highest BCUT2D eigenvalue weighted by molar-refractivity contribution is 5.68. The molecule has 2 aliphatic rings. The first-order valence-corrected chi connectivity index (χ1v) is 12.5. The van der Waals surface area contributed by atoms with Crippen molar-refractivity contribution in [1.29, 1.82) is 0 Å². The Balaban J connectivity index is 1.52. The average Bonchev–Trinajstić information content (AvgIpc) is 2.81.